The van der Waals surface area contributed by atoms with Crippen LogP contribution in [0.25, 0.3) is 0 Å². The van der Waals surface area contributed by atoms with E-state index < -0.39 is 0 Å². The second-order valence-corrected chi connectivity index (χ2v) is 1.13. The summed E-state index contributed by atoms with van der Waals surface area (Å²) < 4.78 is 4.61. The molecule has 2 nitrogen and oxygen atoms in total. The number of aldehydes is 1. The van der Waals surface area contributed by atoms with E-state index in [4.69, 9.17) is 0 Å². The number of hydrogen-bond donors (Lipinski definition) is 0. The van der Waals surface area contributed by atoms with Crippen molar-refractivity contribution >= 4 is 6.29 Å². The standard InChI is InChI=1S/C5H4O2/c6-4-5-2-1-3-7-5/h1-4H/i1+1,2+1,3+1,4+1,5+1. The molecule has 1 aromatic rings. The molecule has 0 unspecified atom stereocenters. The molecule has 2 heteroatoms. The first-order chi connectivity index (χ1) is 3.43. The van der Waals surface area contributed by atoms with Gasteiger partial charge in [-0.3, -0.25) is 4.79 Å². The molecule has 7 heavy (non-hydrogen) atoms. The van der Waals surface area contributed by atoms with Crippen LogP contribution in [-0.4, -0.2) is 6.29 Å². The third-order valence-electron chi connectivity index (χ3n) is 0.659. The SMILES string of the molecule is O=[13CH][13c]1[13cH][13cH][13cH]o1. The number of rotatable bonds is 1. The zero-order valence-electron chi connectivity index (χ0n) is 3.63. The van der Waals surface area contributed by atoms with Gasteiger partial charge in [0.1, 0.15) is 0 Å². The van der Waals surface area contributed by atoms with Crippen LogP contribution in [0, 0.1) is 0 Å². The maximum Gasteiger partial charge on any atom is 0.185 e. The van der Waals surface area contributed by atoms with Gasteiger partial charge in [-0.25, -0.2) is 0 Å². The molecule has 0 spiro atoms. The molecule has 0 radical (unpaired) electrons. The number of carbonyl (C=O) groups is 1. The fraction of sp³-hybridized carbons (Fsp3) is 0. The van der Waals surface area contributed by atoms with Gasteiger partial charge in [0.05, 0.1) is 6.26 Å². The smallest absolute Gasteiger partial charge is 0.185 e. The average molecular weight is 101 g/mol. The van der Waals surface area contributed by atoms with Crippen molar-refractivity contribution in [2.24, 2.45) is 0 Å². The van der Waals surface area contributed by atoms with Crippen LogP contribution in [-0.2, 0) is 0 Å². The third kappa shape index (κ3) is 0.682. The van der Waals surface area contributed by atoms with E-state index in [0.717, 1.165) is 0 Å². The molecule has 0 aliphatic rings. The summed E-state index contributed by atoms with van der Waals surface area (Å²) in [5.74, 6) is 0.375. The Morgan fingerprint density at radius 3 is 2.86 bits per heavy atom. The average Bonchev–Trinajstić information content (AvgIpc) is 2.14. The van der Waals surface area contributed by atoms with Crippen LogP contribution >= 0.6 is 0 Å². The topological polar surface area (TPSA) is 30.2 Å². The highest BCUT2D eigenvalue weighted by atomic mass is 16.5. The molecular formula is C5H4O2. The lowest BCUT2D eigenvalue weighted by atomic mass is 11.5. The van der Waals surface area contributed by atoms with Crippen molar-refractivity contribution in [3.8, 4) is 0 Å². The molecule has 1 aromatic heterocycles. The Labute approximate surface area is 40.8 Å². The summed E-state index contributed by atoms with van der Waals surface area (Å²) in [7, 11) is 0. The Balaban J connectivity index is 2.96. The monoisotopic (exact) mass is 101 g/mol. The highest BCUT2D eigenvalue weighted by molar-refractivity contribution is 5.69. The van der Waals surface area contributed by atoms with E-state index in [-0.39, 0.29) is 0 Å². The summed E-state index contributed by atoms with van der Waals surface area (Å²) in [6, 6.07) is 3.27. The van der Waals surface area contributed by atoms with Crippen LogP contribution in [0.1, 0.15) is 10.6 Å². The summed E-state index contributed by atoms with van der Waals surface area (Å²) in [4.78, 5) is 9.77. The molecule has 1 heterocycles. The van der Waals surface area contributed by atoms with Crippen LogP contribution < -0.4 is 0 Å². The summed E-state index contributed by atoms with van der Waals surface area (Å²) in [5, 5.41) is 0. The quantitative estimate of drug-likeness (QED) is 0.391. The van der Waals surface area contributed by atoms with Crippen LogP contribution in [0.5, 0.6) is 0 Å². The first-order valence-corrected chi connectivity index (χ1v) is 1.92. The molecule has 0 amide bonds. The molecule has 0 bridgehead atoms. The minimum Gasteiger partial charge on any atom is -0.462 e. The van der Waals surface area contributed by atoms with E-state index in [1.807, 2.05) is 0 Å². The highest BCUT2D eigenvalue weighted by Crippen LogP contribution is 1.92. The molecule has 1 rings (SSSR count). The zero-order valence-corrected chi connectivity index (χ0v) is 3.63. The van der Waals surface area contributed by atoms with Gasteiger partial charge in [-0.05, 0) is 12.1 Å². The van der Waals surface area contributed by atoms with Crippen molar-refractivity contribution in [2.45, 2.75) is 0 Å². The Bertz CT molecular complexity index is 141. The molecular weight excluding hydrogens is 97.0 g/mol. The van der Waals surface area contributed by atoms with Gasteiger partial charge in [0.25, 0.3) is 0 Å². The molecule has 0 aliphatic heterocycles. The van der Waals surface area contributed by atoms with Crippen LogP contribution in [0.4, 0.5) is 0 Å². The fourth-order valence-electron chi connectivity index (χ4n) is 0.358. The van der Waals surface area contributed by atoms with E-state index >= 15 is 0 Å². The highest BCUT2D eigenvalue weighted by Gasteiger charge is 1.84. The number of hydrogen-bond acceptors (Lipinski definition) is 2. The predicted octanol–water partition coefficient (Wildman–Crippen LogP) is 1.09. The Morgan fingerprint density at radius 2 is 2.57 bits per heavy atom. The summed E-state index contributed by atoms with van der Waals surface area (Å²) in [5.41, 5.74) is 0. The van der Waals surface area contributed by atoms with E-state index in [1.54, 1.807) is 12.1 Å². The minimum absolute atomic E-state index is 0.375. The normalized spacial score (nSPS) is 8.57. The summed E-state index contributed by atoms with van der Waals surface area (Å²) in [6.45, 7) is 0. The first kappa shape index (κ1) is 4.12. The van der Waals surface area contributed by atoms with Crippen LogP contribution in [0.2, 0.25) is 0 Å². The molecule has 0 saturated heterocycles. The van der Waals surface area contributed by atoms with Gasteiger partial charge >= 0.3 is 0 Å². The molecule has 36 valence electrons. The maximum absolute atomic E-state index is 9.77. The fourth-order valence-corrected chi connectivity index (χ4v) is 0.358. The molecule has 0 N–H and O–H groups in total. The molecule has 0 fully saturated rings. The van der Waals surface area contributed by atoms with Crippen molar-refractivity contribution in [1.29, 1.82) is 0 Å². The van der Waals surface area contributed by atoms with E-state index in [9.17, 15) is 4.79 Å². The minimum atomic E-state index is 0.375. The number of carbonyl (C=O) groups excluding carboxylic acids is 1. The van der Waals surface area contributed by atoms with Crippen LogP contribution in [0.3, 0.4) is 0 Å². The van der Waals surface area contributed by atoms with Gasteiger partial charge in [0.15, 0.2) is 12.0 Å². The Hall–Kier alpha value is -1.05. The van der Waals surface area contributed by atoms with Crippen molar-refractivity contribution in [1.82, 2.24) is 0 Å². The second-order valence-electron chi connectivity index (χ2n) is 1.13. The second kappa shape index (κ2) is 1.60. The van der Waals surface area contributed by atoms with Gasteiger partial charge in [0.2, 0.25) is 0 Å². The zero-order chi connectivity index (χ0) is 5.11. The lowest BCUT2D eigenvalue weighted by Gasteiger charge is -1.68. The van der Waals surface area contributed by atoms with Gasteiger partial charge in [-0.1, -0.05) is 0 Å². The van der Waals surface area contributed by atoms with E-state index in [2.05, 4.69) is 4.42 Å². The lowest BCUT2D eigenvalue weighted by molar-refractivity contribution is 0.110. The first-order valence-electron chi connectivity index (χ1n) is 1.92. The van der Waals surface area contributed by atoms with Crippen LogP contribution in [0.15, 0.2) is 22.8 Å². The Morgan fingerprint density at radius 1 is 1.71 bits per heavy atom. The van der Waals surface area contributed by atoms with E-state index in [1.165, 1.54) is 6.26 Å². The Kier molecular flexibility index (Phi) is 0.941. The lowest BCUT2D eigenvalue weighted by Crippen LogP contribution is -1.65. The molecule has 0 aliphatic carbocycles. The molecule has 0 atom stereocenters. The van der Waals surface area contributed by atoms with Crippen molar-refractivity contribution in [2.75, 3.05) is 0 Å². The summed E-state index contributed by atoms with van der Waals surface area (Å²) >= 11 is 0. The van der Waals surface area contributed by atoms with Gasteiger partial charge in [0, 0.05) is 0 Å². The van der Waals surface area contributed by atoms with E-state index in [0.29, 0.717) is 12.0 Å². The predicted molar refractivity (Wildman–Crippen MR) is 24.1 cm³/mol. The number of furan rings is 1. The van der Waals surface area contributed by atoms with Gasteiger partial charge < -0.3 is 4.42 Å². The largest absolute Gasteiger partial charge is 0.462 e. The summed E-state index contributed by atoms with van der Waals surface area (Å²) in [6.07, 6.45) is 2.13. The van der Waals surface area contributed by atoms with Gasteiger partial charge in [-0.15, -0.1) is 0 Å². The maximum atomic E-state index is 9.77. The molecule has 0 aromatic carbocycles. The van der Waals surface area contributed by atoms with Crippen molar-refractivity contribution in [3.05, 3.63) is 24.2 Å². The van der Waals surface area contributed by atoms with Crippen molar-refractivity contribution < 1.29 is 9.21 Å². The van der Waals surface area contributed by atoms with Crippen molar-refractivity contribution in [3.63, 3.8) is 0 Å². The van der Waals surface area contributed by atoms with Gasteiger partial charge in [-0.2, -0.15) is 0 Å². The third-order valence-corrected chi connectivity index (χ3v) is 0.659. The molecule has 0 saturated carbocycles.